The first kappa shape index (κ1) is 23.0. The van der Waals surface area contributed by atoms with Crippen LogP contribution in [0.2, 0.25) is 0 Å². The molecule has 1 aliphatic heterocycles. The maximum Gasteiger partial charge on any atom is 0.332 e. The van der Waals surface area contributed by atoms with Gasteiger partial charge in [0.15, 0.2) is 0 Å². The molecule has 0 aromatic carbocycles. The van der Waals surface area contributed by atoms with Crippen LogP contribution in [0.1, 0.15) is 31.4 Å². The van der Waals surface area contributed by atoms with Gasteiger partial charge in [0.25, 0.3) is 5.56 Å². The zero-order chi connectivity index (χ0) is 23.2. The molecule has 1 atom stereocenters. The molecule has 3 aromatic heterocycles. The van der Waals surface area contributed by atoms with Crippen LogP contribution >= 0.6 is 11.3 Å². The van der Waals surface area contributed by atoms with Crippen molar-refractivity contribution in [1.82, 2.24) is 19.8 Å². The monoisotopic (exact) mass is 474 g/mol. The Morgan fingerprint density at radius 2 is 2.03 bits per heavy atom. The molecule has 0 aliphatic carbocycles. The van der Waals surface area contributed by atoms with Crippen molar-refractivity contribution in [3.05, 3.63) is 56.4 Å². The van der Waals surface area contributed by atoms with E-state index in [9.17, 15) is 19.2 Å². The van der Waals surface area contributed by atoms with Crippen molar-refractivity contribution in [2.45, 2.75) is 51.4 Å². The van der Waals surface area contributed by atoms with Crippen LogP contribution in [0.5, 0.6) is 0 Å². The Hall–Kier alpha value is -3.18. The van der Waals surface area contributed by atoms with E-state index in [2.05, 4.69) is 10.6 Å². The highest BCUT2D eigenvalue weighted by atomic mass is 32.1. The van der Waals surface area contributed by atoms with Crippen molar-refractivity contribution in [3.63, 3.8) is 0 Å². The number of hydrogen-bond acceptors (Lipinski definition) is 7. The number of fused-ring (bicyclic) bond motifs is 1. The summed E-state index contributed by atoms with van der Waals surface area (Å²) < 4.78 is 13.5. The van der Waals surface area contributed by atoms with E-state index in [1.807, 2.05) is 0 Å². The number of thiophene rings is 1. The van der Waals surface area contributed by atoms with Gasteiger partial charge >= 0.3 is 5.69 Å². The Morgan fingerprint density at radius 1 is 1.15 bits per heavy atom. The molecule has 33 heavy (non-hydrogen) atoms. The third-order valence-electron chi connectivity index (χ3n) is 5.51. The van der Waals surface area contributed by atoms with E-state index in [1.165, 1.54) is 22.2 Å². The van der Waals surface area contributed by atoms with E-state index < -0.39 is 11.2 Å². The second-order valence-corrected chi connectivity index (χ2v) is 8.78. The number of nitrogens with zero attached hydrogens (tertiary/aromatic N) is 2. The molecular formula is C22H26N4O6S. The van der Waals surface area contributed by atoms with Crippen molar-refractivity contribution >= 4 is 33.4 Å². The molecule has 3 aromatic rings. The summed E-state index contributed by atoms with van der Waals surface area (Å²) in [6, 6.07) is 5.17. The summed E-state index contributed by atoms with van der Waals surface area (Å²) in [6.45, 7) is 1.26. The normalized spacial score (nSPS) is 15.7. The zero-order valence-corrected chi connectivity index (χ0v) is 18.9. The van der Waals surface area contributed by atoms with Gasteiger partial charge in [-0.15, -0.1) is 11.3 Å². The minimum absolute atomic E-state index is 0.000256. The fourth-order valence-corrected chi connectivity index (χ4v) is 4.64. The summed E-state index contributed by atoms with van der Waals surface area (Å²) in [5.41, 5.74) is -0.527. The van der Waals surface area contributed by atoms with E-state index >= 15 is 0 Å². The van der Waals surface area contributed by atoms with Crippen LogP contribution < -0.4 is 21.9 Å². The molecule has 4 rings (SSSR count). The number of amides is 2. The highest BCUT2D eigenvalue weighted by molar-refractivity contribution is 7.17. The summed E-state index contributed by atoms with van der Waals surface area (Å²) in [6.07, 6.45) is 3.86. The van der Waals surface area contributed by atoms with Crippen molar-refractivity contribution in [2.24, 2.45) is 0 Å². The first-order valence-corrected chi connectivity index (χ1v) is 11.8. The molecule has 2 N–H and O–H groups in total. The largest absolute Gasteiger partial charge is 0.467 e. The van der Waals surface area contributed by atoms with Gasteiger partial charge in [0.05, 0.1) is 24.4 Å². The molecule has 2 amide bonds. The quantitative estimate of drug-likeness (QED) is 0.455. The van der Waals surface area contributed by atoms with Crippen LogP contribution in [-0.4, -0.2) is 40.2 Å². The molecule has 1 fully saturated rings. The highest BCUT2D eigenvalue weighted by Gasteiger charge is 2.19. The van der Waals surface area contributed by atoms with Crippen LogP contribution in [0.3, 0.4) is 0 Å². The molecule has 4 heterocycles. The average Bonchev–Trinajstić information content (AvgIpc) is 3.58. The molecule has 0 bridgehead atoms. The number of ether oxygens (including phenoxy) is 1. The van der Waals surface area contributed by atoms with Gasteiger partial charge in [0.2, 0.25) is 11.8 Å². The average molecular weight is 475 g/mol. The van der Waals surface area contributed by atoms with Crippen LogP contribution in [0.15, 0.2) is 43.8 Å². The molecule has 176 valence electrons. The predicted molar refractivity (Wildman–Crippen MR) is 122 cm³/mol. The molecule has 0 spiro atoms. The second kappa shape index (κ2) is 10.6. The molecule has 11 heteroatoms. The minimum atomic E-state index is -0.561. The van der Waals surface area contributed by atoms with E-state index in [0.717, 1.165) is 17.4 Å². The topological polar surface area (TPSA) is 125 Å². The maximum atomic E-state index is 13.1. The lowest BCUT2D eigenvalue weighted by molar-refractivity contribution is -0.122. The standard InChI is InChI=1S/C22H26N4O6S/c27-18(23-12-15-4-2-9-31-15)6-1-8-25-21(29)20-17(7-11-33-20)26(22(25)30)14-19(28)24-13-16-5-3-10-32-16/h2,4,7,9,11,16H,1,3,5-6,8,10,12-14H2,(H,23,27)(H,24,28)/t16-/m1/s1. The van der Waals surface area contributed by atoms with Crippen LogP contribution in [0, 0.1) is 0 Å². The van der Waals surface area contributed by atoms with Crippen molar-refractivity contribution < 1.29 is 18.7 Å². The number of hydrogen-bond donors (Lipinski definition) is 2. The van der Waals surface area contributed by atoms with Crippen molar-refractivity contribution in [3.8, 4) is 0 Å². The Balaban J connectivity index is 1.41. The summed E-state index contributed by atoms with van der Waals surface area (Å²) >= 11 is 1.22. The third kappa shape index (κ3) is 5.60. The van der Waals surface area contributed by atoms with E-state index in [1.54, 1.807) is 23.6 Å². The summed E-state index contributed by atoms with van der Waals surface area (Å²) in [4.78, 5) is 50.5. The first-order valence-electron chi connectivity index (χ1n) is 10.9. The molecule has 1 aliphatic rings. The second-order valence-electron chi connectivity index (χ2n) is 7.86. The molecule has 0 saturated carbocycles. The van der Waals surface area contributed by atoms with Crippen molar-refractivity contribution in [1.29, 1.82) is 0 Å². The number of rotatable bonds is 10. The lowest BCUT2D eigenvalue weighted by Crippen LogP contribution is -2.43. The highest BCUT2D eigenvalue weighted by Crippen LogP contribution is 2.15. The van der Waals surface area contributed by atoms with Crippen LogP contribution in [-0.2, 0) is 34.0 Å². The fraction of sp³-hybridized carbons (Fsp3) is 0.455. The van der Waals surface area contributed by atoms with Gasteiger partial charge in [-0.05, 0) is 42.8 Å². The van der Waals surface area contributed by atoms with Crippen LogP contribution in [0.25, 0.3) is 10.2 Å². The Kier molecular flexibility index (Phi) is 7.40. The molecule has 0 radical (unpaired) electrons. The third-order valence-corrected chi connectivity index (χ3v) is 6.41. The summed E-state index contributed by atoms with van der Waals surface area (Å²) in [7, 11) is 0. The molecule has 1 saturated heterocycles. The van der Waals surface area contributed by atoms with Crippen LogP contribution in [0.4, 0.5) is 0 Å². The van der Waals surface area contributed by atoms with Gasteiger partial charge in [0, 0.05) is 26.1 Å². The van der Waals surface area contributed by atoms with Gasteiger partial charge in [-0.1, -0.05) is 0 Å². The predicted octanol–water partition coefficient (Wildman–Crippen LogP) is 1.21. The first-order chi connectivity index (χ1) is 16.0. The van der Waals surface area contributed by atoms with Gasteiger partial charge in [-0.3, -0.25) is 23.5 Å². The number of carbonyl (C=O) groups is 2. The molecule has 10 nitrogen and oxygen atoms in total. The smallest absolute Gasteiger partial charge is 0.332 e. The Labute approximate surface area is 193 Å². The lowest BCUT2D eigenvalue weighted by Gasteiger charge is -2.14. The van der Waals surface area contributed by atoms with E-state index in [4.69, 9.17) is 9.15 Å². The number of nitrogens with one attached hydrogen (secondary N) is 2. The molecular weight excluding hydrogens is 448 g/mol. The Bertz CT molecular complexity index is 1220. The van der Waals surface area contributed by atoms with E-state index in [-0.39, 0.29) is 44.0 Å². The maximum absolute atomic E-state index is 13.1. The summed E-state index contributed by atoms with van der Waals surface area (Å²) in [5, 5.41) is 7.26. The van der Waals surface area contributed by atoms with Gasteiger partial charge in [-0.25, -0.2) is 4.79 Å². The SMILES string of the molecule is O=C(CCCn1c(=O)c2sccc2n(CC(=O)NC[C@H]2CCCO2)c1=O)NCc1ccco1. The number of aromatic nitrogens is 2. The van der Waals surface area contributed by atoms with Crippen molar-refractivity contribution in [2.75, 3.05) is 13.2 Å². The van der Waals surface area contributed by atoms with Gasteiger partial charge in [0.1, 0.15) is 17.0 Å². The van der Waals surface area contributed by atoms with E-state index in [0.29, 0.717) is 35.5 Å². The number of furan rings is 1. The minimum Gasteiger partial charge on any atom is -0.467 e. The van der Waals surface area contributed by atoms with Gasteiger partial charge in [-0.2, -0.15) is 0 Å². The van der Waals surface area contributed by atoms with Gasteiger partial charge < -0.3 is 19.8 Å². The molecule has 0 unspecified atom stereocenters. The summed E-state index contributed by atoms with van der Waals surface area (Å²) in [5.74, 6) is 0.122. The number of carbonyl (C=O) groups excluding carboxylic acids is 2. The zero-order valence-electron chi connectivity index (χ0n) is 18.1. The lowest BCUT2D eigenvalue weighted by atomic mass is 10.2. The Morgan fingerprint density at radius 3 is 2.79 bits per heavy atom. The fourth-order valence-electron chi connectivity index (χ4n) is 3.80.